The fraction of sp³-hybridized carbons (Fsp3) is 0.200. The molecule has 0 radical (unpaired) electrons. The highest BCUT2D eigenvalue weighted by molar-refractivity contribution is 6.04. The van der Waals surface area contributed by atoms with E-state index in [1.807, 2.05) is 6.07 Å². The molecule has 0 spiro atoms. The van der Waals surface area contributed by atoms with Crippen molar-refractivity contribution in [2.24, 2.45) is 0 Å². The number of carbonyl (C=O) groups is 1. The maximum absolute atomic E-state index is 13.5. The lowest BCUT2D eigenvalue weighted by Crippen LogP contribution is -2.15. The third kappa shape index (κ3) is 3.82. The number of halogens is 2. The van der Waals surface area contributed by atoms with Crippen LogP contribution in [0.25, 0.3) is 0 Å². The average Bonchev–Trinajstić information content (AvgIpc) is 2.48. The van der Waals surface area contributed by atoms with Crippen LogP contribution in [0.2, 0.25) is 0 Å². The zero-order valence-corrected chi connectivity index (χ0v) is 11.1. The summed E-state index contributed by atoms with van der Waals surface area (Å²) in [6.45, 7) is 0.0814. The Morgan fingerprint density at radius 2 is 2.10 bits per heavy atom. The van der Waals surface area contributed by atoms with Gasteiger partial charge in [-0.2, -0.15) is 4.39 Å². The van der Waals surface area contributed by atoms with Crippen molar-refractivity contribution < 1.29 is 18.7 Å². The van der Waals surface area contributed by atoms with Gasteiger partial charge in [0.15, 0.2) is 5.82 Å². The van der Waals surface area contributed by atoms with Crippen LogP contribution in [0.15, 0.2) is 36.5 Å². The van der Waals surface area contributed by atoms with Crippen LogP contribution in [0.4, 0.5) is 14.5 Å². The van der Waals surface area contributed by atoms with Crippen LogP contribution < -0.4 is 5.32 Å². The van der Waals surface area contributed by atoms with E-state index in [4.69, 9.17) is 5.11 Å². The number of aliphatic hydroxyl groups is 1. The van der Waals surface area contributed by atoms with Gasteiger partial charge in [-0.3, -0.25) is 4.79 Å². The van der Waals surface area contributed by atoms with Crippen molar-refractivity contribution in [3.05, 3.63) is 59.4 Å². The molecule has 2 rings (SSSR count). The Morgan fingerprint density at radius 3 is 2.86 bits per heavy atom. The Kier molecular flexibility index (Phi) is 4.94. The molecular weight excluding hydrogens is 278 g/mol. The van der Waals surface area contributed by atoms with E-state index in [0.717, 1.165) is 17.8 Å². The third-order valence-electron chi connectivity index (χ3n) is 2.90. The van der Waals surface area contributed by atoms with Gasteiger partial charge in [-0.25, -0.2) is 9.37 Å². The molecule has 1 aromatic heterocycles. The number of aromatic nitrogens is 1. The van der Waals surface area contributed by atoms with Gasteiger partial charge >= 0.3 is 0 Å². The quantitative estimate of drug-likeness (QED) is 0.832. The zero-order valence-electron chi connectivity index (χ0n) is 11.1. The van der Waals surface area contributed by atoms with Crippen molar-refractivity contribution in [1.29, 1.82) is 0 Å². The molecule has 1 amide bonds. The van der Waals surface area contributed by atoms with Crippen LogP contribution in [-0.2, 0) is 6.42 Å². The lowest BCUT2D eigenvalue weighted by Gasteiger charge is -2.08. The Bertz CT molecular complexity index is 647. The first-order valence-electron chi connectivity index (χ1n) is 6.43. The highest BCUT2D eigenvalue weighted by Crippen LogP contribution is 2.15. The number of hydrogen-bond acceptors (Lipinski definition) is 3. The molecule has 0 aliphatic heterocycles. The fourth-order valence-corrected chi connectivity index (χ4v) is 1.88. The Labute approximate surface area is 120 Å². The first kappa shape index (κ1) is 15.1. The smallest absolute Gasteiger partial charge is 0.258 e. The SMILES string of the molecule is O=C(Nc1cccc(CCCO)c1)c1ccnc(F)c1F. The number of anilines is 1. The van der Waals surface area contributed by atoms with Crippen molar-refractivity contribution in [3.63, 3.8) is 0 Å². The largest absolute Gasteiger partial charge is 0.396 e. The number of rotatable bonds is 5. The molecule has 0 bridgehead atoms. The number of pyridine rings is 1. The van der Waals surface area contributed by atoms with Crippen molar-refractivity contribution in [3.8, 4) is 0 Å². The van der Waals surface area contributed by atoms with Crippen LogP contribution in [0, 0.1) is 11.8 Å². The van der Waals surface area contributed by atoms with Crippen molar-refractivity contribution in [2.75, 3.05) is 11.9 Å². The molecule has 21 heavy (non-hydrogen) atoms. The summed E-state index contributed by atoms with van der Waals surface area (Å²) >= 11 is 0. The van der Waals surface area contributed by atoms with Gasteiger partial charge in [-0.1, -0.05) is 12.1 Å². The number of benzene rings is 1. The number of nitrogens with zero attached hydrogens (tertiary/aromatic N) is 1. The maximum Gasteiger partial charge on any atom is 0.258 e. The molecule has 4 nitrogen and oxygen atoms in total. The van der Waals surface area contributed by atoms with Crippen LogP contribution in [-0.4, -0.2) is 22.6 Å². The van der Waals surface area contributed by atoms with Gasteiger partial charge < -0.3 is 10.4 Å². The van der Waals surface area contributed by atoms with Gasteiger partial charge in [0.2, 0.25) is 5.95 Å². The van der Waals surface area contributed by atoms with Gasteiger partial charge in [0.25, 0.3) is 5.91 Å². The van der Waals surface area contributed by atoms with E-state index in [1.54, 1.807) is 18.2 Å². The second-order valence-electron chi connectivity index (χ2n) is 4.44. The Balaban J connectivity index is 2.14. The monoisotopic (exact) mass is 292 g/mol. The third-order valence-corrected chi connectivity index (χ3v) is 2.90. The van der Waals surface area contributed by atoms with Crippen LogP contribution in [0.3, 0.4) is 0 Å². The van der Waals surface area contributed by atoms with Crippen molar-refractivity contribution >= 4 is 11.6 Å². The van der Waals surface area contributed by atoms with Gasteiger partial charge in [-0.15, -0.1) is 0 Å². The lowest BCUT2D eigenvalue weighted by atomic mass is 10.1. The minimum atomic E-state index is -1.31. The van der Waals surface area contributed by atoms with Crippen LogP contribution in [0.1, 0.15) is 22.3 Å². The summed E-state index contributed by atoms with van der Waals surface area (Å²) < 4.78 is 26.5. The van der Waals surface area contributed by atoms with E-state index in [2.05, 4.69) is 10.3 Å². The molecule has 1 aromatic carbocycles. The van der Waals surface area contributed by atoms with E-state index < -0.39 is 23.2 Å². The summed E-state index contributed by atoms with van der Waals surface area (Å²) in [4.78, 5) is 15.1. The number of nitrogens with one attached hydrogen (secondary N) is 1. The fourth-order valence-electron chi connectivity index (χ4n) is 1.88. The van der Waals surface area contributed by atoms with Crippen LogP contribution in [0.5, 0.6) is 0 Å². The standard InChI is InChI=1S/C15H14F2N2O2/c16-13-12(6-7-18-14(13)17)15(21)19-11-5-1-3-10(9-11)4-2-8-20/h1,3,5-7,9,20H,2,4,8H2,(H,19,21). The molecule has 0 saturated heterocycles. The van der Waals surface area contributed by atoms with E-state index in [0.29, 0.717) is 18.5 Å². The summed E-state index contributed by atoms with van der Waals surface area (Å²) in [5.41, 5.74) is 1.01. The van der Waals surface area contributed by atoms with E-state index >= 15 is 0 Å². The lowest BCUT2D eigenvalue weighted by molar-refractivity contribution is 0.102. The molecule has 2 N–H and O–H groups in total. The molecule has 0 aliphatic rings. The Hall–Kier alpha value is -2.34. The molecular formula is C15H14F2N2O2. The van der Waals surface area contributed by atoms with Gasteiger partial charge in [-0.05, 0) is 36.6 Å². The molecule has 0 fully saturated rings. The number of aryl methyl sites for hydroxylation is 1. The molecule has 0 saturated carbocycles. The second-order valence-corrected chi connectivity index (χ2v) is 4.44. The molecule has 2 aromatic rings. The zero-order chi connectivity index (χ0) is 15.2. The summed E-state index contributed by atoms with van der Waals surface area (Å²) in [7, 11) is 0. The molecule has 6 heteroatoms. The average molecular weight is 292 g/mol. The molecule has 1 heterocycles. The summed E-state index contributed by atoms with van der Waals surface area (Å²) in [5.74, 6) is -3.32. The van der Waals surface area contributed by atoms with E-state index in [-0.39, 0.29) is 6.61 Å². The second kappa shape index (κ2) is 6.90. The summed E-state index contributed by atoms with van der Waals surface area (Å²) in [6, 6.07) is 8.09. The number of carbonyl (C=O) groups excluding carboxylic acids is 1. The van der Waals surface area contributed by atoms with Crippen molar-refractivity contribution in [1.82, 2.24) is 4.98 Å². The van der Waals surface area contributed by atoms with Gasteiger partial charge in [0.1, 0.15) is 0 Å². The first-order chi connectivity index (χ1) is 10.1. The summed E-state index contributed by atoms with van der Waals surface area (Å²) in [6.07, 6.45) is 2.31. The van der Waals surface area contributed by atoms with E-state index in [9.17, 15) is 13.6 Å². The molecule has 110 valence electrons. The van der Waals surface area contributed by atoms with E-state index in [1.165, 1.54) is 0 Å². The van der Waals surface area contributed by atoms with Crippen LogP contribution >= 0.6 is 0 Å². The molecule has 0 atom stereocenters. The minimum Gasteiger partial charge on any atom is -0.396 e. The maximum atomic E-state index is 13.5. The highest BCUT2D eigenvalue weighted by atomic mass is 19.2. The molecule has 0 aliphatic carbocycles. The minimum absolute atomic E-state index is 0.0814. The van der Waals surface area contributed by atoms with Gasteiger partial charge in [0.05, 0.1) is 5.56 Å². The predicted molar refractivity (Wildman–Crippen MR) is 74.0 cm³/mol. The summed E-state index contributed by atoms with van der Waals surface area (Å²) in [5, 5.41) is 11.3. The number of amides is 1. The number of aliphatic hydroxyl groups excluding tert-OH is 1. The van der Waals surface area contributed by atoms with Gasteiger partial charge in [0, 0.05) is 18.5 Å². The molecule has 0 unspecified atom stereocenters. The first-order valence-corrected chi connectivity index (χ1v) is 6.43. The Morgan fingerprint density at radius 1 is 1.29 bits per heavy atom. The highest BCUT2D eigenvalue weighted by Gasteiger charge is 2.16. The normalized spacial score (nSPS) is 10.4. The number of hydrogen-bond donors (Lipinski definition) is 2. The topological polar surface area (TPSA) is 62.2 Å². The predicted octanol–water partition coefficient (Wildman–Crippen LogP) is 2.54. The van der Waals surface area contributed by atoms with Crippen molar-refractivity contribution in [2.45, 2.75) is 12.8 Å².